The third-order valence-corrected chi connectivity index (χ3v) is 5.86. The first kappa shape index (κ1) is 21.5. The number of hydrogen-bond donors (Lipinski definition) is 2. The molecule has 2 aromatic rings. The van der Waals surface area contributed by atoms with Gasteiger partial charge in [0, 0.05) is 19.7 Å². The summed E-state index contributed by atoms with van der Waals surface area (Å²) in [5, 5.41) is 12.6. The average molecular weight is 395 g/mol. The average Bonchev–Trinajstić information content (AvgIpc) is 2.78. The van der Waals surface area contributed by atoms with Crippen molar-refractivity contribution in [2.75, 3.05) is 26.2 Å². The molecule has 0 aromatic heterocycles. The summed E-state index contributed by atoms with van der Waals surface area (Å²) in [7, 11) is 0. The van der Waals surface area contributed by atoms with Crippen molar-refractivity contribution in [2.45, 2.75) is 44.6 Å². The summed E-state index contributed by atoms with van der Waals surface area (Å²) in [4.78, 5) is 15.0. The van der Waals surface area contributed by atoms with Gasteiger partial charge < -0.3 is 10.4 Å². The highest BCUT2D eigenvalue weighted by Gasteiger charge is 2.24. The van der Waals surface area contributed by atoms with Gasteiger partial charge in [0.2, 0.25) is 5.91 Å². The van der Waals surface area contributed by atoms with Crippen molar-refractivity contribution in [3.63, 3.8) is 0 Å². The fourth-order valence-corrected chi connectivity index (χ4v) is 4.35. The lowest BCUT2D eigenvalue weighted by molar-refractivity contribution is -0.123. The number of rotatable bonds is 10. The van der Waals surface area contributed by atoms with Gasteiger partial charge in [-0.25, -0.2) is 0 Å². The van der Waals surface area contributed by atoms with Gasteiger partial charge in [0.1, 0.15) is 0 Å². The Kier molecular flexibility index (Phi) is 8.72. The molecule has 4 heteroatoms. The molecule has 29 heavy (non-hydrogen) atoms. The van der Waals surface area contributed by atoms with Crippen LogP contribution in [0.4, 0.5) is 0 Å². The predicted octanol–water partition coefficient (Wildman–Crippen LogP) is 4.16. The molecule has 1 fully saturated rings. The number of benzene rings is 2. The van der Waals surface area contributed by atoms with E-state index in [0.29, 0.717) is 25.4 Å². The molecule has 156 valence electrons. The maximum absolute atomic E-state index is 12.8. The molecule has 0 bridgehead atoms. The van der Waals surface area contributed by atoms with E-state index in [2.05, 4.69) is 34.5 Å². The Bertz CT molecular complexity index is 675. The van der Waals surface area contributed by atoms with Crippen LogP contribution in [-0.4, -0.2) is 42.2 Å². The normalized spacial score (nSPS) is 15.0. The highest BCUT2D eigenvalue weighted by molar-refractivity contribution is 5.78. The molecule has 1 aliphatic carbocycles. The minimum atomic E-state index is -0.00983. The van der Waals surface area contributed by atoms with E-state index in [4.69, 9.17) is 0 Å². The van der Waals surface area contributed by atoms with Crippen LogP contribution in [0.15, 0.2) is 60.7 Å². The Morgan fingerprint density at radius 2 is 1.55 bits per heavy atom. The molecule has 0 aliphatic heterocycles. The summed E-state index contributed by atoms with van der Waals surface area (Å²) >= 11 is 0. The summed E-state index contributed by atoms with van der Waals surface area (Å²) in [5.41, 5.74) is 2.33. The Hall–Kier alpha value is -2.17. The molecule has 1 amide bonds. The summed E-state index contributed by atoms with van der Waals surface area (Å²) in [6.45, 7) is 1.91. The van der Waals surface area contributed by atoms with E-state index in [9.17, 15) is 9.90 Å². The van der Waals surface area contributed by atoms with Crippen molar-refractivity contribution in [2.24, 2.45) is 5.92 Å². The third kappa shape index (κ3) is 6.69. The van der Waals surface area contributed by atoms with E-state index in [1.165, 1.54) is 32.1 Å². The number of carbonyl (C=O) groups is 1. The molecule has 1 saturated carbocycles. The maximum Gasteiger partial charge on any atom is 0.234 e. The second kappa shape index (κ2) is 11.7. The zero-order valence-corrected chi connectivity index (χ0v) is 17.3. The summed E-state index contributed by atoms with van der Waals surface area (Å²) in [6.07, 6.45) is 7.00. The second-order valence-electron chi connectivity index (χ2n) is 8.08. The van der Waals surface area contributed by atoms with Crippen LogP contribution in [-0.2, 0) is 4.79 Å². The third-order valence-electron chi connectivity index (χ3n) is 5.86. The van der Waals surface area contributed by atoms with Crippen LogP contribution in [0.3, 0.4) is 0 Å². The van der Waals surface area contributed by atoms with Crippen molar-refractivity contribution in [1.82, 2.24) is 10.2 Å². The molecule has 4 nitrogen and oxygen atoms in total. The van der Waals surface area contributed by atoms with E-state index in [0.717, 1.165) is 17.7 Å². The molecule has 0 heterocycles. The van der Waals surface area contributed by atoms with E-state index in [1.807, 2.05) is 36.4 Å². The minimum absolute atomic E-state index is 0.00983. The first-order chi connectivity index (χ1) is 14.3. The molecule has 0 atom stereocenters. The molecular formula is C25H34N2O2. The lowest BCUT2D eigenvalue weighted by Crippen LogP contribution is -2.42. The van der Waals surface area contributed by atoms with E-state index in [-0.39, 0.29) is 18.6 Å². The molecule has 3 rings (SSSR count). The topological polar surface area (TPSA) is 52.6 Å². The van der Waals surface area contributed by atoms with Crippen LogP contribution < -0.4 is 5.32 Å². The number of nitrogens with zero attached hydrogens (tertiary/aromatic N) is 1. The van der Waals surface area contributed by atoms with Crippen molar-refractivity contribution < 1.29 is 9.90 Å². The van der Waals surface area contributed by atoms with E-state index >= 15 is 0 Å². The molecule has 0 saturated heterocycles. The van der Waals surface area contributed by atoms with Crippen molar-refractivity contribution in [3.8, 4) is 0 Å². The monoisotopic (exact) mass is 394 g/mol. The van der Waals surface area contributed by atoms with Gasteiger partial charge in [-0.15, -0.1) is 0 Å². The number of aliphatic hydroxyl groups excluding tert-OH is 1. The molecular weight excluding hydrogens is 360 g/mol. The van der Waals surface area contributed by atoms with Gasteiger partial charge in [0.15, 0.2) is 0 Å². The predicted molar refractivity (Wildman–Crippen MR) is 118 cm³/mol. The van der Waals surface area contributed by atoms with E-state index in [1.54, 1.807) is 0 Å². The molecule has 1 aliphatic rings. The number of aliphatic hydroxyl groups is 1. The van der Waals surface area contributed by atoms with Gasteiger partial charge in [0.05, 0.1) is 12.6 Å². The van der Waals surface area contributed by atoms with Gasteiger partial charge in [-0.3, -0.25) is 9.69 Å². The number of nitrogens with one attached hydrogen (secondary N) is 1. The largest absolute Gasteiger partial charge is 0.396 e. The Morgan fingerprint density at radius 1 is 0.966 bits per heavy atom. The van der Waals surface area contributed by atoms with Gasteiger partial charge >= 0.3 is 0 Å². The van der Waals surface area contributed by atoms with Crippen LogP contribution in [0.2, 0.25) is 0 Å². The van der Waals surface area contributed by atoms with Gasteiger partial charge in [-0.2, -0.15) is 0 Å². The van der Waals surface area contributed by atoms with Crippen LogP contribution >= 0.6 is 0 Å². The molecule has 0 unspecified atom stereocenters. The Labute approximate surface area is 174 Å². The fraction of sp³-hybridized carbons (Fsp3) is 0.480. The smallest absolute Gasteiger partial charge is 0.234 e. The Balaban J connectivity index is 1.73. The zero-order chi connectivity index (χ0) is 20.3. The number of hydrogen-bond acceptors (Lipinski definition) is 3. The van der Waals surface area contributed by atoms with Crippen LogP contribution in [0.1, 0.15) is 55.7 Å². The van der Waals surface area contributed by atoms with Crippen molar-refractivity contribution in [3.05, 3.63) is 71.8 Å². The highest BCUT2D eigenvalue weighted by Crippen LogP contribution is 2.28. The van der Waals surface area contributed by atoms with Gasteiger partial charge in [-0.05, 0) is 36.3 Å². The Morgan fingerprint density at radius 3 is 2.10 bits per heavy atom. The van der Waals surface area contributed by atoms with Gasteiger partial charge in [-0.1, -0.05) is 79.9 Å². The van der Waals surface area contributed by atoms with Crippen molar-refractivity contribution >= 4 is 5.91 Å². The minimum Gasteiger partial charge on any atom is -0.396 e. The lowest BCUT2D eigenvalue weighted by atomic mass is 9.89. The summed E-state index contributed by atoms with van der Waals surface area (Å²) in [6, 6.07) is 20.6. The molecule has 2 N–H and O–H groups in total. The second-order valence-corrected chi connectivity index (χ2v) is 8.08. The maximum atomic E-state index is 12.8. The first-order valence-corrected chi connectivity index (χ1v) is 11.0. The zero-order valence-electron chi connectivity index (χ0n) is 17.3. The van der Waals surface area contributed by atoms with Gasteiger partial charge in [0.25, 0.3) is 0 Å². The van der Waals surface area contributed by atoms with Crippen LogP contribution in [0, 0.1) is 5.92 Å². The fourth-order valence-electron chi connectivity index (χ4n) is 4.35. The van der Waals surface area contributed by atoms with Crippen LogP contribution in [0.5, 0.6) is 0 Å². The number of amides is 1. The van der Waals surface area contributed by atoms with E-state index < -0.39 is 0 Å². The van der Waals surface area contributed by atoms with Crippen LogP contribution in [0.25, 0.3) is 0 Å². The van der Waals surface area contributed by atoms with Crippen molar-refractivity contribution in [1.29, 1.82) is 0 Å². The summed E-state index contributed by atoms with van der Waals surface area (Å²) < 4.78 is 0. The highest BCUT2D eigenvalue weighted by atomic mass is 16.3. The summed E-state index contributed by atoms with van der Waals surface area (Å²) in [5.74, 6) is 0.697. The SMILES string of the molecule is O=C(CN(CCCO)C(c1ccccc1)c1ccccc1)NCC1CCCCC1. The quantitative estimate of drug-likeness (QED) is 0.636. The number of carbonyl (C=O) groups excluding carboxylic acids is 1. The first-order valence-electron chi connectivity index (χ1n) is 11.0. The molecule has 0 spiro atoms. The molecule has 2 aromatic carbocycles. The lowest BCUT2D eigenvalue weighted by Gasteiger charge is -2.32. The standard InChI is InChI=1S/C25H34N2O2/c28-18-10-17-27(20-24(29)26-19-21-11-4-1-5-12-21)25(22-13-6-2-7-14-22)23-15-8-3-9-16-23/h2-3,6-9,13-16,21,25,28H,1,4-5,10-12,17-20H2,(H,26,29). The molecule has 0 radical (unpaired) electrons.